The second-order valence-electron chi connectivity index (χ2n) is 7.94. The molecule has 1 aliphatic rings. The van der Waals surface area contributed by atoms with Crippen LogP contribution in [-0.4, -0.2) is 34.4 Å². The van der Waals surface area contributed by atoms with Gasteiger partial charge in [-0.2, -0.15) is 0 Å². The van der Waals surface area contributed by atoms with E-state index in [1.165, 1.54) is 0 Å². The lowest BCUT2D eigenvalue weighted by Crippen LogP contribution is -2.45. The molecular formula is C26H25ClN2O3. The minimum absolute atomic E-state index is 0.0347. The van der Waals surface area contributed by atoms with E-state index in [-0.39, 0.29) is 18.4 Å². The Labute approximate surface area is 192 Å². The van der Waals surface area contributed by atoms with E-state index in [4.69, 9.17) is 11.6 Å². The molecule has 2 amide bonds. The van der Waals surface area contributed by atoms with E-state index in [9.17, 15) is 14.7 Å². The van der Waals surface area contributed by atoms with Crippen LogP contribution in [0.4, 0.5) is 0 Å². The van der Waals surface area contributed by atoms with E-state index in [1.54, 1.807) is 23.1 Å². The number of halogens is 1. The SMILES string of the molecule is O=C(NCc1ccc(Cl)cc1)C1CCCN1C(=O)c1cccc(-c2cccc(CO)c2)c1. The third-order valence-corrected chi connectivity index (χ3v) is 6.00. The molecule has 0 aromatic heterocycles. The lowest BCUT2D eigenvalue weighted by molar-refractivity contribution is -0.125. The Bertz CT molecular complexity index is 1110. The van der Waals surface area contributed by atoms with E-state index < -0.39 is 6.04 Å². The lowest BCUT2D eigenvalue weighted by Gasteiger charge is -2.24. The van der Waals surface area contributed by atoms with Crippen molar-refractivity contribution >= 4 is 23.4 Å². The van der Waals surface area contributed by atoms with Gasteiger partial charge in [0.1, 0.15) is 6.04 Å². The van der Waals surface area contributed by atoms with Gasteiger partial charge < -0.3 is 15.3 Å². The number of amides is 2. The van der Waals surface area contributed by atoms with Crippen LogP contribution < -0.4 is 5.32 Å². The molecule has 3 aromatic rings. The zero-order valence-corrected chi connectivity index (χ0v) is 18.4. The second-order valence-corrected chi connectivity index (χ2v) is 8.38. The lowest BCUT2D eigenvalue weighted by atomic mass is 10.0. The third kappa shape index (κ3) is 5.01. The summed E-state index contributed by atoms with van der Waals surface area (Å²) in [5, 5.41) is 13.0. The zero-order chi connectivity index (χ0) is 22.5. The van der Waals surface area contributed by atoms with Gasteiger partial charge in [0.2, 0.25) is 5.91 Å². The number of likely N-dealkylation sites (tertiary alicyclic amines) is 1. The number of aliphatic hydroxyl groups excluding tert-OH is 1. The molecule has 1 heterocycles. The summed E-state index contributed by atoms with van der Waals surface area (Å²) in [6, 6.07) is 21.9. The van der Waals surface area contributed by atoms with E-state index in [2.05, 4.69) is 5.32 Å². The van der Waals surface area contributed by atoms with Crippen molar-refractivity contribution in [2.45, 2.75) is 32.0 Å². The van der Waals surface area contributed by atoms with Crippen molar-refractivity contribution in [3.8, 4) is 11.1 Å². The van der Waals surface area contributed by atoms with Gasteiger partial charge in [-0.25, -0.2) is 0 Å². The summed E-state index contributed by atoms with van der Waals surface area (Å²) in [4.78, 5) is 27.8. The van der Waals surface area contributed by atoms with Crippen LogP contribution >= 0.6 is 11.6 Å². The Morgan fingerprint density at radius 1 is 0.969 bits per heavy atom. The average Bonchev–Trinajstić information content (AvgIpc) is 3.33. The van der Waals surface area contributed by atoms with Gasteiger partial charge in [0.25, 0.3) is 5.91 Å². The Morgan fingerprint density at radius 2 is 1.69 bits per heavy atom. The van der Waals surface area contributed by atoms with Gasteiger partial charge in [0, 0.05) is 23.7 Å². The first-order chi connectivity index (χ1) is 15.5. The van der Waals surface area contributed by atoms with Crippen LogP contribution in [0.1, 0.15) is 34.3 Å². The number of hydrogen-bond donors (Lipinski definition) is 2. The molecule has 4 rings (SSSR count). The number of carbonyl (C=O) groups is 2. The molecule has 0 bridgehead atoms. The highest BCUT2D eigenvalue weighted by Gasteiger charge is 2.34. The quantitative estimate of drug-likeness (QED) is 0.586. The first-order valence-electron chi connectivity index (χ1n) is 10.7. The van der Waals surface area contributed by atoms with E-state index >= 15 is 0 Å². The summed E-state index contributed by atoms with van der Waals surface area (Å²) in [7, 11) is 0. The molecule has 0 aliphatic carbocycles. The smallest absolute Gasteiger partial charge is 0.254 e. The number of benzene rings is 3. The molecule has 1 atom stereocenters. The largest absolute Gasteiger partial charge is 0.392 e. The van der Waals surface area contributed by atoms with Gasteiger partial charge in [-0.1, -0.05) is 54.1 Å². The molecule has 0 spiro atoms. The van der Waals surface area contributed by atoms with Gasteiger partial charge in [-0.15, -0.1) is 0 Å². The maximum atomic E-state index is 13.3. The molecule has 164 valence electrons. The van der Waals surface area contributed by atoms with Crippen molar-refractivity contribution in [3.05, 3.63) is 94.5 Å². The Kier molecular flexibility index (Phi) is 6.88. The van der Waals surface area contributed by atoms with Gasteiger partial charge in [0.15, 0.2) is 0 Å². The van der Waals surface area contributed by atoms with Crippen molar-refractivity contribution in [3.63, 3.8) is 0 Å². The highest BCUT2D eigenvalue weighted by atomic mass is 35.5. The standard InChI is InChI=1S/C26H25ClN2O3/c27-23-11-9-18(10-12-23)16-28-25(31)24-8-3-13-29(24)26(32)22-7-2-6-21(15-22)20-5-1-4-19(14-20)17-30/h1-2,4-7,9-12,14-15,24,30H,3,8,13,16-17H2,(H,28,31). The molecular weight excluding hydrogens is 424 g/mol. The summed E-state index contributed by atoms with van der Waals surface area (Å²) in [6.07, 6.45) is 1.44. The van der Waals surface area contributed by atoms with Crippen LogP contribution in [-0.2, 0) is 17.9 Å². The third-order valence-electron chi connectivity index (χ3n) is 5.75. The Hall–Kier alpha value is -3.15. The van der Waals surface area contributed by atoms with Gasteiger partial charge in [0.05, 0.1) is 6.61 Å². The number of carbonyl (C=O) groups excluding carboxylic acids is 2. The molecule has 6 heteroatoms. The molecule has 1 saturated heterocycles. The Morgan fingerprint density at radius 3 is 2.44 bits per heavy atom. The molecule has 32 heavy (non-hydrogen) atoms. The van der Waals surface area contributed by atoms with Crippen molar-refractivity contribution < 1.29 is 14.7 Å². The predicted molar refractivity (Wildman–Crippen MR) is 125 cm³/mol. The normalized spacial score (nSPS) is 15.6. The average molecular weight is 449 g/mol. The summed E-state index contributed by atoms with van der Waals surface area (Å²) in [5.74, 6) is -0.285. The summed E-state index contributed by atoms with van der Waals surface area (Å²) >= 11 is 5.91. The molecule has 1 fully saturated rings. The highest BCUT2D eigenvalue weighted by molar-refractivity contribution is 6.30. The number of aliphatic hydroxyl groups is 1. The molecule has 5 nitrogen and oxygen atoms in total. The number of nitrogens with zero attached hydrogens (tertiary/aromatic N) is 1. The molecule has 1 aliphatic heterocycles. The minimum atomic E-state index is -0.476. The van der Waals surface area contributed by atoms with Crippen LogP contribution in [0.2, 0.25) is 5.02 Å². The van der Waals surface area contributed by atoms with E-state index in [0.717, 1.165) is 28.7 Å². The van der Waals surface area contributed by atoms with Crippen LogP contribution in [0.25, 0.3) is 11.1 Å². The van der Waals surface area contributed by atoms with Crippen molar-refractivity contribution in [2.24, 2.45) is 0 Å². The van der Waals surface area contributed by atoms with Gasteiger partial charge in [-0.05, 0) is 65.4 Å². The van der Waals surface area contributed by atoms with Crippen LogP contribution in [0.3, 0.4) is 0 Å². The first-order valence-corrected chi connectivity index (χ1v) is 11.1. The number of hydrogen-bond acceptors (Lipinski definition) is 3. The summed E-state index contributed by atoms with van der Waals surface area (Å²) in [6.45, 7) is 0.917. The zero-order valence-electron chi connectivity index (χ0n) is 17.6. The fourth-order valence-electron chi connectivity index (χ4n) is 4.04. The molecule has 0 radical (unpaired) electrons. The molecule has 2 N–H and O–H groups in total. The maximum absolute atomic E-state index is 13.3. The number of nitrogens with one attached hydrogen (secondary N) is 1. The van der Waals surface area contributed by atoms with Gasteiger partial charge >= 0.3 is 0 Å². The van der Waals surface area contributed by atoms with E-state index in [1.807, 2.05) is 54.6 Å². The van der Waals surface area contributed by atoms with Crippen LogP contribution in [0.15, 0.2) is 72.8 Å². The first kappa shape index (κ1) is 22.1. The van der Waals surface area contributed by atoms with Crippen molar-refractivity contribution in [1.82, 2.24) is 10.2 Å². The molecule has 0 saturated carbocycles. The fraction of sp³-hybridized carbons (Fsp3) is 0.231. The highest BCUT2D eigenvalue weighted by Crippen LogP contribution is 2.25. The minimum Gasteiger partial charge on any atom is -0.392 e. The monoisotopic (exact) mass is 448 g/mol. The summed E-state index contributed by atoms with van der Waals surface area (Å²) < 4.78 is 0. The summed E-state index contributed by atoms with van der Waals surface area (Å²) in [5.41, 5.74) is 4.15. The van der Waals surface area contributed by atoms with Crippen molar-refractivity contribution in [2.75, 3.05) is 6.54 Å². The topological polar surface area (TPSA) is 69.6 Å². The predicted octanol–water partition coefficient (Wildman–Crippen LogP) is 4.42. The Balaban J connectivity index is 1.47. The van der Waals surface area contributed by atoms with E-state index in [0.29, 0.717) is 30.1 Å². The van der Waals surface area contributed by atoms with Crippen LogP contribution in [0.5, 0.6) is 0 Å². The van der Waals surface area contributed by atoms with Crippen molar-refractivity contribution in [1.29, 1.82) is 0 Å². The number of rotatable bonds is 6. The second kappa shape index (κ2) is 9.98. The molecule has 1 unspecified atom stereocenters. The molecule has 3 aromatic carbocycles. The van der Waals surface area contributed by atoms with Crippen LogP contribution in [0, 0.1) is 0 Å². The fourth-order valence-corrected chi connectivity index (χ4v) is 4.16. The maximum Gasteiger partial charge on any atom is 0.254 e. The van der Waals surface area contributed by atoms with Gasteiger partial charge in [-0.3, -0.25) is 9.59 Å².